The van der Waals surface area contributed by atoms with Crippen LogP contribution < -0.4 is 10.5 Å². The number of nitrogen functional groups attached to an aromatic ring is 1. The summed E-state index contributed by atoms with van der Waals surface area (Å²) in [5.74, 6) is 0.639. The Kier molecular flexibility index (Phi) is 6.45. The van der Waals surface area contributed by atoms with Gasteiger partial charge in [-0.1, -0.05) is 30.3 Å². The fourth-order valence-corrected chi connectivity index (χ4v) is 2.23. The molecule has 0 spiro atoms. The van der Waals surface area contributed by atoms with E-state index in [1.54, 1.807) is 24.3 Å². The number of hydrogen-bond acceptors (Lipinski definition) is 4. The highest BCUT2D eigenvalue weighted by Crippen LogP contribution is 2.10. The van der Waals surface area contributed by atoms with Crippen LogP contribution in [0, 0.1) is 0 Å². The van der Waals surface area contributed by atoms with Gasteiger partial charge in [-0.2, -0.15) is 0 Å². The molecule has 24 heavy (non-hydrogen) atoms. The number of aliphatic hydroxyl groups excluding tert-OH is 1. The first-order valence-corrected chi connectivity index (χ1v) is 7.73. The molecule has 0 aliphatic carbocycles. The fraction of sp³-hybridized carbons (Fsp3) is 0.278. The van der Waals surface area contributed by atoms with E-state index >= 15 is 0 Å². The Labute approximate surface area is 141 Å². The van der Waals surface area contributed by atoms with Crippen LogP contribution in [-0.2, 0) is 6.42 Å². The van der Waals surface area contributed by atoms with Crippen LogP contribution in [0.3, 0.4) is 0 Å². The molecule has 2 rings (SSSR count). The molecule has 2 aromatic rings. The smallest absolute Gasteiger partial charge is 0.407 e. The minimum absolute atomic E-state index is 0.00284. The second kappa shape index (κ2) is 8.79. The summed E-state index contributed by atoms with van der Waals surface area (Å²) in [6.45, 7) is 0.328. The average molecular weight is 330 g/mol. The van der Waals surface area contributed by atoms with Crippen LogP contribution in [0.4, 0.5) is 10.5 Å². The van der Waals surface area contributed by atoms with Crippen LogP contribution in [0.2, 0.25) is 0 Å². The van der Waals surface area contributed by atoms with Crippen LogP contribution in [0.15, 0.2) is 54.6 Å². The van der Waals surface area contributed by atoms with Gasteiger partial charge in [0, 0.05) is 12.2 Å². The van der Waals surface area contributed by atoms with Gasteiger partial charge in [0.25, 0.3) is 0 Å². The van der Waals surface area contributed by atoms with Crippen molar-refractivity contribution in [1.29, 1.82) is 0 Å². The Bertz CT molecular complexity index is 631. The largest absolute Gasteiger partial charge is 0.491 e. The molecule has 0 aliphatic rings. The molecular formula is C18H22N2O4. The van der Waals surface area contributed by atoms with E-state index in [1.807, 2.05) is 30.3 Å². The summed E-state index contributed by atoms with van der Waals surface area (Å²) in [6.07, 6.45) is -1.41. The molecule has 1 atom stereocenters. The standard InChI is InChI=1S/C18H22N2O4/c19-15-8-6-14(7-9-15)10-11-20(18(22)23)12-16(21)13-24-17-4-2-1-3-5-17/h1-9,16,21H,10-13,19H2,(H,22,23). The maximum absolute atomic E-state index is 11.3. The Morgan fingerprint density at radius 2 is 1.79 bits per heavy atom. The van der Waals surface area contributed by atoms with Crippen molar-refractivity contribution < 1.29 is 19.7 Å². The molecule has 2 aromatic carbocycles. The second-order valence-corrected chi connectivity index (χ2v) is 5.50. The monoisotopic (exact) mass is 330 g/mol. The number of para-hydroxylation sites is 1. The zero-order valence-corrected chi connectivity index (χ0v) is 13.3. The number of ether oxygens (including phenoxy) is 1. The molecular weight excluding hydrogens is 308 g/mol. The Morgan fingerprint density at radius 1 is 1.12 bits per heavy atom. The fourth-order valence-electron chi connectivity index (χ4n) is 2.23. The van der Waals surface area contributed by atoms with Crippen LogP contribution in [-0.4, -0.2) is 47.0 Å². The van der Waals surface area contributed by atoms with Gasteiger partial charge in [0.15, 0.2) is 0 Å². The molecule has 1 amide bonds. The molecule has 128 valence electrons. The Balaban J connectivity index is 1.81. The van der Waals surface area contributed by atoms with Crippen LogP contribution in [0.25, 0.3) is 0 Å². The molecule has 0 aromatic heterocycles. The number of carboxylic acid groups (broad SMARTS) is 1. The third kappa shape index (κ3) is 5.81. The predicted octanol–water partition coefficient (Wildman–Crippen LogP) is 2.23. The van der Waals surface area contributed by atoms with Gasteiger partial charge >= 0.3 is 6.09 Å². The summed E-state index contributed by atoms with van der Waals surface area (Å²) < 4.78 is 5.44. The zero-order valence-electron chi connectivity index (χ0n) is 13.3. The molecule has 0 saturated heterocycles. The van der Waals surface area contributed by atoms with Gasteiger partial charge in [0.05, 0.1) is 6.54 Å². The van der Waals surface area contributed by atoms with Crippen molar-refractivity contribution in [3.63, 3.8) is 0 Å². The lowest BCUT2D eigenvalue weighted by atomic mass is 10.1. The lowest BCUT2D eigenvalue weighted by Gasteiger charge is -2.22. The number of amides is 1. The topological polar surface area (TPSA) is 96.0 Å². The van der Waals surface area contributed by atoms with Crippen molar-refractivity contribution in [2.75, 3.05) is 25.4 Å². The average Bonchev–Trinajstić information content (AvgIpc) is 2.59. The van der Waals surface area contributed by atoms with Gasteiger partial charge in [0.1, 0.15) is 18.5 Å². The zero-order chi connectivity index (χ0) is 17.4. The van der Waals surface area contributed by atoms with Crippen LogP contribution >= 0.6 is 0 Å². The van der Waals surface area contributed by atoms with Gasteiger partial charge in [-0.05, 0) is 36.2 Å². The highest BCUT2D eigenvalue weighted by molar-refractivity contribution is 5.65. The van der Waals surface area contributed by atoms with E-state index in [4.69, 9.17) is 10.5 Å². The Hall–Kier alpha value is -2.73. The number of nitrogens with zero attached hydrogens (tertiary/aromatic N) is 1. The molecule has 0 heterocycles. The summed E-state index contributed by atoms with van der Waals surface area (Å²) in [5.41, 5.74) is 7.29. The summed E-state index contributed by atoms with van der Waals surface area (Å²) in [5, 5.41) is 19.3. The number of anilines is 1. The third-order valence-electron chi connectivity index (χ3n) is 3.54. The SMILES string of the molecule is Nc1ccc(CCN(CC(O)COc2ccccc2)C(=O)O)cc1. The van der Waals surface area contributed by atoms with E-state index in [2.05, 4.69) is 0 Å². The normalized spacial score (nSPS) is 11.7. The van der Waals surface area contributed by atoms with Crippen molar-refractivity contribution >= 4 is 11.8 Å². The number of carbonyl (C=O) groups is 1. The van der Waals surface area contributed by atoms with Crippen molar-refractivity contribution in [1.82, 2.24) is 4.90 Å². The first-order chi connectivity index (χ1) is 11.5. The van der Waals surface area contributed by atoms with Gasteiger partial charge in [-0.3, -0.25) is 0 Å². The molecule has 0 bridgehead atoms. The summed E-state index contributed by atoms with van der Waals surface area (Å²) >= 11 is 0. The van der Waals surface area contributed by atoms with E-state index in [0.29, 0.717) is 24.4 Å². The van der Waals surface area contributed by atoms with E-state index in [1.165, 1.54) is 4.90 Å². The van der Waals surface area contributed by atoms with Crippen molar-refractivity contribution in [3.8, 4) is 5.75 Å². The van der Waals surface area contributed by atoms with Crippen molar-refractivity contribution in [2.45, 2.75) is 12.5 Å². The molecule has 0 fully saturated rings. The molecule has 0 saturated carbocycles. The number of nitrogens with two attached hydrogens (primary N) is 1. The van der Waals surface area contributed by atoms with Gasteiger partial charge in [0.2, 0.25) is 0 Å². The Morgan fingerprint density at radius 3 is 2.42 bits per heavy atom. The van der Waals surface area contributed by atoms with Gasteiger partial charge in [-0.25, -0.2) is 4.79 Å². The summed E-state index contributed by atoms with van der Waals surface area (Å²) in [7, 11) is 0. The van der Waals surface area contributed by atoms with Crippen LogP contribution in [0.5, 0.6) is 5.75 Å². The highest BCUT2D eigenvalue weighted by atomic mass is 16.5. The molecule has 6 heteroatoms. The molecule has 4 N–H and O–H groups in total. The van der Waals surface area contributed by atoms with Crippen LogP contribution in [0.1, 0.15) is 5.56 Å². The van der Waals surface area contributed by atoms with Gasteiger partial charge in [-0.15, -0.1) is 0 Å². The van der Waals surface area contributed by atoms with E-state index in [0.717, 1.165) is 5.56 Å². The lowest BCUT2D eigenvalue weighted by Crippen LogP contribution is -2.40. The predicted molar refractivity (Wildman–Crippen MR) is 92.1 cm³/mol. The number of hydrogen-bond donors (Lipinski definition) is 3. The number of benzene rings is 2. The van der Waals surface area contributed by atoms with E-state index < -0.39 is 12.2 Å². The van der Waals surface area contributed by atoms with E-state index in [-0.39, 0.29) is 13.2 Å². The van der Waals surface area contributed by atoms with Crippen molar-refractivity contribution in [3.05, 3.63) is 60.2 Å². The van der Waals surface area contributed by atoms with Gasteiger partial charge < -0.3 is 25.6 Å². The van der Waals surface area contributed by atoms with E-state index in [9.17, 15) is 15.0 Å². The third-order valence-corrected chi connectivity index (χ3v) is 3.54. The summed E-state index contributed by atoms with van der Waals surface area (Å²) in [4.78, 5) is 12.5. The first kappa shape index (κ1) is 17.6. The lowest BCUT2D eigenvalue weighted by molar-refractivity contribution is 0.0655. The number of rotatable bonds is 8. The molecule has 0 radical (unpaired) electrons. The number of aliphatic hydroxyl groups is 1. The summed E-state index contributed by atoms with van der Waals surface area (Å²) in [6, 6.07) is 16.4. The molecule has 6 nitrogen and oxygen atoms in total. The second-order valence-electron chi connectivity index (χ2n) is 5.50. The minimum atomic E-state index is -1.07. The molecule has 0 aliphatic heterocycles. The minimum Gasteiger partial charge on any atom is -0.491 e. The maximum atomic E-state index is 11.3. The quantitative estimate of drug-likeness (QED) is 0.645. The first-order valence-electron chi connectivity index (χ1n) is 7.73. The highest BCUT2D eigenvalue weighted by Gasteiger charge is 2.17. The van der Waals surface area contributed by atoms with Crippen molar-refractivity contribution in [2.24, 2.45) is 0 Å². The maximum Gasteiger partial charge on any atom is 0.407 e. The molecule has 1 unspecified atom stereocenters.